The molecule has 1 aromatic carbocycles. The van der Waals surface area contributed by atoms with Crippen molar-refractivity contribution in [3.63, 3.8) is 0 Å². The molecule has 0 spiro atoms. The van der Waals surface area contributed by atoms with Gasteiger partial charge in [0.1, 0.15) is 0 Å². The number of nitrogens with two attached hydrogens (primary N) is 1. The first-order valence-electron chi connectivity index (χ1n) is 4.92. The van der Waals surface area contributed by atoms with Gasteiger partial charge in [0.15, 0.2) is 0 Å². The van der Waals surface area contributed by atoms with Crippen LogP contribution in [0.5, 0.6) is 0 Å². The summed E-state index contributed by atoms with van der Waals surface area (Å²) in [5.74, 6) is 0. The molecule has 0 aliphatic rings. The van der Waals surface area contributed by atoms with Gasteiger partial charge in [-0.2, -0.15) is 0 Å². The molecule has 0 saturated carbocycles. The number of rotatable bonds is 3. The fourth-order valence-electron chi connectivity index (χ4n) is 1.07. The number of anilines is 1. The Morgan fingerprint density at radius 3 is 2.44 bits per heavy atom. The summed E-state index contributed by atoms with van der Waals surface area (Å²) in [6.45, 7) is 3.72. The molecule has 1 unspecified atom stereocenters. The molecule has 0 heterocycles. The van der Waals surface area contributed by atoms with Crippen molar-refractivity contribution in [1.29, 1.82) is 0 Å². The number of hydrogen-bond acceptors (Lipinski definition) is 2. The first-order chi connectivity index (χ1) is 7.49. The van der Waals surface area contributed by atoms with Crippen LogP contribution in [0, 0.1) is 6.92 Å². The number of nitrogens with one attached hydrogen (secondary N) is 2. The lowest BCUT2D eigenvalue weighted by atomic mass is 10.2. The zero-order valence-electron chi connectivity index (χ0n) is 9.28. The van der Waals surface area contributed by atoms with E-state index in [-0.39, 0.29) is 17.1 Å². The highest BCUT2D eigenvalue weighted by atomic mass is 32.1. The molecule has 0 aromatic heterocycles. The molecular weight excluding hydrogens is 222 g/mol. The van der Waals surface area contributed by atoms with Crippen molar-refractivity contribution in [2.45, 2.75) is 19.9 Å². The number of amides is 2. The Labute approximate surface area is 100 Å². The first kappa shape index (κ1) is 12.4. The van der Waals surface area contributed by atoms with E-state index >= 15 is 0 Å². The Hall–Kier alpha value is -1.62. The largest absolute Gasteiger partial charge is 0.392 e. The zero-order valence-corrected chi connectivity index (χ0v) is 10.1. The van der Waals surface area contributed by atoms with E-state index in [1.807, 2.05) is 31.2 Å². The third kappa shape index (κ3) is 3.86. The highest BCUT2D eigenvalue weighted by Gasteiger charge is 2.08. The maximum absolute atomic E-state index is 11.5. The highest BCUT2D eigenvalue weighted by molar-refractivity contribution is 7.80. The molecule has 1 rings (SSSR count). The number of benzene rings is 1. The molecule has 0 bridgehead atoms. The average Bonchev–Trinajstić information content (AvgIpc) is 2.21. The fraction of sp³-hybridized carbons (Fsp3) is 0.273. The molecule has 0 radical (unpaired) electrons. The monoisotopic (exact) mass is 237 g/mol. The van der Waals surface area contributed by atoms with Crippen LogP contribution in [0.3, 0.4) is 0 Å². The molecule has 4 nitrogen and oxygen atoms in total. The number of aryl methyl sites for hydroxylation is 1. The van der Waals surface area contributed by atoms with Crippen LogP contribution in [0.1, 0.15) is 12.5 Å². The van der Waals surface area contributed by atoms with Gasteiger partial charge in [0.25, 0.3) is 0 Å². The minimum Gasteiger partial charge on any atom is -0.392 e. The summed E-state index contributed by atoms with van der Waals surface area (Å²) in [6.07, 6.45) is 0. The Kier molecular flexibility index (Phi) is 4.25. The van der Waals surface area contributed by atoms with Crippen molar-refractivity contribution >= 4 is 28.9 Å². The van der Waals surface area contributed by atoms with Gasteiger partial charge in [0, 0.05) is 5.69 Å². The molecule has 4 N–H and O–H groups in total. The second-order valence-corrected chi connectivity index (χ2v) is 4.06. The Bertz CT molecular complexity index is 389. The molecular formula is C11H15N3OS. The molecule has 16 heavy (non-hydrogen) atoms. The molecule has 0 saturated heterocycles. The van der Waals surface area contributed by atoms with E-state index in [2.05, 4.69) is 10.6 Å². The molecule has 0 fully saturated rings. The lowest BCUT2D eigenvalue weighted by Crippen LogP contribution is -2.43. The van der Waals surface area contributed by atoms with E-state index in [9.17, 15) is 4.79 Å². The normalized spacial score (nSPS) is 11.6. The smallest absolute Gasteiger partial charge is 0.319 e. The summed E-state index contributed by atoms with van der Waals surface area (Å²) >= 11 is 4.75. The summed E-state index contributed by atoms with van der Waals surface area (Å²) in [7, 11) is 0. The van der Waals surface area contributed by atoms with E-state index in [0.717, 1.165) is 11.3 Å². The topological polar surface area (TPSA) is 67.2 Å². The number of thiocarbonyl (C=S) groups is 1. The molecule has 1 atom stereocenters. The maximum Gasteiger partial charge on any atom is 0.319 e. The van der Waals surface area contributed by atoms with E-state index in [0.29, 0.717) is 0 Å². The quantitative estimate of drug-likeness (QED) is 0.702. The molecule has 86 valence electrons. The Balaban J connectivity index is 2.52. The molecule has 0 aliphatic heterocycles. The van der Waals surface area contributed by atoms with E-state index in [4.69, 9.17) is 18.0 Å². The number of carbonyl (C=O) groups excluding carboxylic acids is 1. The molecule has 1 aromatic rings. The standard InChI is InChI=1S/C11H15N3OS/c1-7-3-5-9(6-4-7)14-11(15)13-8(2)10(12)16/h3-6,8H,1-2H3,(H2,12,16)(H2,13,14,15). The third-order valence-corrected chi connectivity index (χ3v) is 2.44. The SMILES string of the molecule is Cc1ccc(NC(=O)NC(C)C(N)=S)cc1. The fourth-order valence-corrected chi connectivity index (χ4v) is 1.13. The van der Waals surface area contributed by atoms with Gasteiger partial charge in [0.2, 0.25) is 0 Å². The van der Waals surface area contributed by atoms with Gasteiger partial charge in [-0.05, 0) is 26.0 Å². The van der Waals surface area contributed by atoms with Crippen LogP contribution in [0.4, 0.5) is 10.5 Å². The van der Waals surface area contributed by atoms with Crippen LogP contribution in [0.2, 0.25) is 0 Å². The summed E-state index contributed by atoms with van der Waals surface area (Å²) in [6, 6.07) is 6.88. The second kappa shape index (κ2) is 5.46. The summed E-state index contributed by atoms with van der Waals surface area (Å²) < 4.78 is 0. The van der Waals surface area contributed by atoms with Gasteiger partial charge >= 0.3 is 6.03 Å². The number of carbonyl (C=O) groups is 1. The van der Waals surface area contributed by atoms with Gasteiger partial charge in [-0.3, -0.25) is 0 Å². The van der Waals surface area contributed by atoms with Crippen LogP contribution in [0.25, 0.3) is 0 Å². The molecule has 2 amide bonds. The Morgan fingerprint density at radius 2 is 1.94 bits per heavy atom. The summed E-state index contributed by atoms with van der Waals surface area (Å²) in [5, 5.41) is 5.32. The van der Waals surface area contributed by atoms with Crippen molar-refractivity contribution < 1.29 is 4.79 Å². The average molecular weight is 237 g/mol. The van der Waals surface area contributed by atoms with Crippen molar-refractivity contribution in [3.05, 3.63) is 29.8 Å². The first-order valence-corrected chi connectivity index (χ1v) is 5.33. The van der Waals surface area contributed by atoms with Gasteiger partial charge in [-0.15, -0.1) is 0 Å². The molecule has 0 aliphatic carbocycles. The van der Waals surface area contributed by atoms with Crippen molar-refractivity contribution in [2.24, 2.45) is 5.73 Å². The predicted molar refractivity (Wildman–Crippen MR) is 69.6 cm³/mol. The van der Waals surface area contributed by atoms with Crippen LogP contribution in [-0.2, 0) is 0 Å². The van der Waals surface area contributed by atoms with E-state index in [1.165, 1.54) is 0 Å². The predicted octanol–water partition coefficient (Wildman–Crippen LogP) is 1.79. The van der Waals surface area contributed by atoms with Crippen molar-refractivity contribution in [1.82, 2.24) is 5.32 Å². The van der Waals surface area contributed by atoms with Crippen LogP contribution in [0.15, 0.2) is 24.3 Å². The summed E-state index contributed by atoms with van der Waals surface area (Å²) in [4.78, 5) is 11.7. The second-order valence-electron chi connectivity index (χ2n) is 3.59. The lowest BCUT2D eigenvalue weighted by molar-refractivity contribution is 0.251. The lowest BCUT2D eigenvalue weighted by Gasteiger charge is -2.13. The van der Waals surface area contributed by atoms with Gasteiger partial charge in [-0.25, -0.2) is 4.79 Å². The Morgan fingerprint density at radius 1 is 1.38 bits per heavy atom. The van der Waals surface area contributed by atoms with Gasteiger partial charge < -0.3 is 16.4 Å². The third-order valence-electron chi connectivity index (χ3n) is 2.08. The van der Waals surface area contributed by atoms with Crippen molar-refractivity contribution in [3.8, 4) is 0 Å². The van der Waals surface area contributed by atoms with Crippen LogP contribution >= 0.6 is 12.2 Å². The number of urea groups is 1. The minimum atomic E-state index is -0.319. The van der Waals surface area contributed by atoms with Gasteiger partial charge in [-0.1, -0.05) is 29.9 Å². The van der Waals surface area contributed by atoms with Crippen LogP contribution < -0.4 is 16.4 Å². The van der Waals surface area contributed by atoms with E-state index in [1.54, 1.807) is 6.92 Å². The van der Waals surface area contributed by atoms with Crippen LogP contribution in [-0.4, -0.2) is 17.1 Å². The zero-order chi connectivity index (χ0) is 12.1. The highest BCUT2D eigenvalue weighted by Crippen LogP contribution is 2.08. The molecule has 5 heteroatoms. The van der Waals surface area contributed by atoms with Crippen molar-refractivity contribution in [2.75, 3.05) is 5.32 Å². The number of hydrogen-bond donors (Lipinski definition) is 3. The minimum absolute atomic E-state index is 0.263. The van der Waals surface area contributed by atoms with Gasteiger partial charge in [0.05, 0.1) is 11.0 Å². The maximum atomic E-state index is 11.5. The van der Waals surface area contributed by atoms with E-state index < -0.39 is 0 Å². The summed E-state index contributed by atoms with van der Waals surface area (Å²) in [5.41, 5.74) is 7.26.